The van der Waals surface area contributed by atoms with E-state index in [0.717, 1.165) is 38.8 Å². The molecular formula is C25H25N7O3S. The third-order valence-electron chi connectivity index (χ3n) is 6.97. The van der Waals surface area contributed by atoms with Crippen LogP contribution in [0.1, 0.15) is 12.5 Å². The van der Waals surface area contributed by atoms with Crippen LogP contribution < -0.4 is 5.69 Å². The summed E-state index contributed by atoms with van der Waals surface area (Å²) < 4.78 is 30.7. The maximum absolute atomic E-state index is 13.3. The number of benzene rings is 1. The summed E-state index contributed by atoms with van der Waals surface area (Å²) in [4.78, 5) is 22.5. The molecule has 11 heteroatoms. The number of rotatable bonds is 4. The minimum atomic E-state index is -3.32. The van der Waals surface area contributed by atoms with Gasteiger partial charge in [0.1, 0.15) is 0 Å². The number of aryl methyl sites for hydroxylation is 2. The first kappa shape index (κ1) is 22.6. The van der Waals surface area contributed by atoms with Crippen molar-refractivity contribution in [1.29, 1.82) is 0 Å². The van der Waals surface area contributed by atoms with E-state index >= 15 is 0 Å². The van der Waals surface area contributed by atoms with Crippen LogP contribution in [0.2, 0.25) is 0 Å². The summed E-state index contributed by atoms with van der Waals surface area (Å²) in [5, 5.41) is 5.05. The van der Waals surface area contributed by atoms with Gasteiger partial charge in [-0.2, -0.15) is 5.10 Å². The second-order valence-corrected chi connectivity index (χ2v) is 11.3. The molecule has 6 rings (SSSR count). The molecule has 0 saturated carbocycles. The highest BCUT2D eigenvalue weighted by atomic mass is 32.2. The number of imidazole rings is 1. The van der Waals surface area contributed by atoms with E-state index < -0.39 is 10.0 Å². The van der Waals surface area contributed by atoms with Crippen LogP contribution in [-0.2, 0) is 24.1 Å². The maximum Gasteiger partial charge on any atom is 0.329 e. The number of hydrogen-bond donors (Lipinski definition) is 0. The first-order chi connectivity index (χ1) is 17.2. The molecule has 36 heavy (non-hydrogen) atoms. The lowest BCUT2D eigenvalue weighted by molar-refractivity contribution is 0.454. The number of pyridine rings is 2. The summed E-state index contributed by atoms with van der Waals surface area (Å²) in [6.45, 7) is 0.677. The van der Waals surface area contributed by atoms with Crippen molar-refractivity contribution in [3.8, 4) is 22.4 Å². The lowest BCUT2D eigenvalue weighted by atomic mass is 10.0. The van der Waals surface area contributed by atoms with Crippen LogP contribution in [0.15, 0.2) is 59.9 Å². The van der Waals surface area contributed by atoms with E-state index in [1.54, 1.807) is 33.3 Å². The molecule has 1 saturated heterocycles. The molecule has 0 radical (unpaired) electrons. The molecule has 4 aromatic heterocycles. The Kier molecular flexibility index (Phi) is 5.09. The third kappa shape index (κ3) is 3.62. The highest BCUT2D eigenvalue weighted by molar-refractivity contribution is 7.88. The van der Waals surface area contributed by atoms with E-state index in [0.29, 0.717) is 18.5 Å². The summed E-state index contributed by atoms with van der Waals surface area (Å²) in [6, 6.07) is 9.71. The Hall–Kier alpha value is -3.83. The number of nitrogens with zero attached hydrogens (tertiary/aromatic N) is 7. The number of fused-ring (bicyclic) bond motifs is 3. The summed E-state index contributed by atoms with van der Waals surface area (Å²) in [7, 11) is 0.272. The average Bonchev–Trinajstić information content (AvgIpc) is 3.58. The van der Waals surface area contributed by atoms with E-state index in [1.807, 2.05) is 49.8 Å². The molecule has 184 valence electrons. The van der Waals surface area contributed by atoms with Crippen LogP contribution in [0.4, 0.5) is 0 Å². The van der Waals surface area contributed by atoms with Crippen LogP contribution in [-0.4, -0.2) is 61.0 Å². The molecular weight excluding hydrogens is 478 g/mol. The Morgan fingerprint density at radius 2 is 1.78 bits per heavy atom. The summed E-state index contributed by atoms with van der Waals surface area (Å²) in [5.74, 6) is 0. The Morgan fingerprint density at radius 1 is 0.972 bits per heavy atom. The van der Waals surface area contributed by atoms with Crippen molar-refractivity contribution in [2.45, 2.75) is 12.5 Å². The predicted octanol–water partition coefficient (Wildman–Crippen LogP) is 2.56. The molecule has 10 nitrogen and oxygen atoms in total. The van der Waals surface area contributed by atoms with Crippen molar-refractivity contribution in [3.05, 3.63) is 65.6 Å². The minimum Gasteiger partial charge on any atom is -0.293 e. The van der Waals surface area contributed by atoms with Gasteiger partial charge in [-0.1, -0.05) is 12.1 Å². The lowest BCUT2D eigenvalue weighted by Crippen LogP contribution is -2.31. The summed E-state index contributed by atoms with van der Waals surface area (Å²) >= 11 is 0. The van der Waals surface area contributed by atoms with E-state index in [-0.39, 0.29) is 18.3 Å². The summed E-state index contributed by atoms with van der Waals surface area (Å²) in [5.41, 5.74) is 5.76. The van der Waals surface area contributed by atoms with Crippen LogP contribution >= 0.6 is 0 Å². The van der Waals surface area contributed by atoms with Crippen molar-refractivity contribution in [2.75, 3.05) is 19.3 Å². The molecule has 0 aliphatic carbocycles. The first-order valence-corrected chi connectivity index (χ1v) is 13.5. The van der Waals surface area contributed by atoms with Crippen molar-refractivity contribution < 1.29 is 8.42 Å². The Balaban J connectivity index is 1.48. The van der Waals surface area contributed by atoms with E-state index in [4.69, 9.17) is 0 Å². The third-order valence-corrected chi connectivity index (χ3v) is 8.24. The van der Waals surface area contributed by atoms with Crippen LogP contribution in [0.25, 0.3) is 44.3 Å². The molecule has 1 aliphatic rings. The van der Waals surface area contributed by atoms with Gasteiger partial charge in [0.2, 0.25) is 10.0 Å². The van der Waals surface area contributed by atoms with Gasteiger partial charge in [-0.15, -0.1) is 0 Å². The smallest absolute Gasteiger partial charge is 0.293 e. The SMILES string of the molecule is Cn1cc(-c2ccc(-c3ccc4ncc5c(c4c3)n(C3CCN(S(C)(=O)=O)C3)c(=O)n5C)cn2)cn1. The number of aromatic nitrogens is 6. The number of hydrogen-bond acceptors (Lipinski definition) is 6. The van der Waals surface area contributed by atoms with Crippen molar-refractivity contribution in [2.24, 2.45) is 14.1 Å². The molecule has 1 fully saturated rings. The Labute approximate surface area is 207 Å². The van der Waals surface area contributed by atoms with Gasteiger partial charge in [0.25, 0.3) is 0 Å². The fourth-order valence-corrected chi connectivity index (χ4v) is 5.94. The van der Waals surface area contributed by atoms with Crippen molar-refractivity contribution in [1.82, 2.24) is 33.2 Å². The van der Waals surface area contributed by atoms with Gasteiger partial charge in [0.15, 0.2) is 0 Å². The van der Waals surface area contributed by atoms with Crippen LogP contribution in [0.5, 0.6) is 0 Å². The van der Waals surface area contributed by atoms with Crippen LogP contribution in [0, 0.1) is 0 Å². The van der Waals surface area contributed by atoms with Gasteiger partial charge in [-0.05, 0) is 30.2 Å². The molecule has 0 N–H and O–H groups in total. The quantitative estimate of drug-likeness (QED) is 0.373. The highest BCUT2D eigenvalue weighted by Gasteiger charge is 2.32. The van der Waals surface area contributed by atoms with E-state index in [9.17, 15) is 13.2 Å². The second kappa shape index (κ2) is 8.10. The topological polar surface area (TPSA) is 108 Å². The largest absolute Gasteiger partial charge is 0.329 e. The molecule has 1 aromatic carbocycles. The molecule has 0 spiro atoms. The zero-order valence-corrected chi connectivity index (χ0v) is 21.0. The van der Waals surface area contributed by atoms with Gasteiger partial charge < -0.3 is 0 Å². The zero-order valence-electron chi connectivity index (χ0n) is 20.2. The first-order valence-electron chi connectivity index (χ1n) is 11.6. The van der Waals surface area contributed by atoms with Gasteiger partial charge in [-0.3, -0.25) is 23.8 Å². The molecule has 0 amide bonds. The van der Waals surface area contributed by atoms with E-state index in [1.165, 1.54) is 10.6 Å². The fraction of sp³-hybridized carbons (Fsp3) is 0.280. The predicted molar refractivity (Wildman–Crippen MR) is 138 cm³/mol. The van der Waals surface area contributed by atoms with Crippen molar-refractivity contribution >= 4 is 32.0 Å². The van der Waals surface area contributed by atoms with E-state index in [2.05, 4.69) is 15.1 Å². The lowest BCUT2D eigenvalue weighted by Gasteiger charge is -2.15. The maximum atomic E-state index is 13.3. The minimum absolute atomic E-state index is 0.174. The zero-order chi connectivity index (χ0) is 25.2. The average molecular weight is 504 g/mol. The summed E-state index contributed by atoms with van der Waals surface area (Å²) in [6.07, 6.45) is 9.03. The normalized spacial score (nSPS) is 16.9. The highest BCUT2D eigenvalue weighted by Crippen LogP contribution is 2.32. The Morgan fingerprint density at radius 3 is 2.44 bits per heavy atom. The molecule has 0 bridgehead atoms. The Bertz CT molecular complexity index is 1800. The molecule has 5 heterocycles. The van der Waals surface area contributed by atoms with Crippen LogP contribution in [0.3, 0.4) is 0 Å². The standard InChI is InChI=1S/C25H25N7O3S/c1-29-14-18(12-28-29)21-6-5-17(11-26-21)16-4-7-22-20(10-16)24-23(13-27-22)30(2)25(33)32(24)19-8-9-31(15-19)36(3,34)35/h4-7,10-14,19H,8-9,15H2,1-3H3. The van der Waals surface area contributed by atoms with Gasteiger partial charge in [0.05, 0.1) is 46.9 Å². The fourth-order valence-electron chi connectivity index (χ4n) is 5.06. The monoisotopic (exact) mass is 503 g/mol. The molecule has 1 aliphatic heterocycles. The molecule has 1 unspecified atom stereocenters. The molecule has 5 aromatic rings. The van der Waals surface area contributed by atoms with Gasteiger partial charge >= 0.3 is 5.69 Å². The van der Waals surface area contributed by atoms with Gasteiger partial charge in [0, 0.05) is 56.1 Å². The van der Waals surface area contributed by atoms with Gasteiger partial charge in [-0.25, -0.2) is 17.5 Å². The second-order valence-electron chi connectivity index (χ2n) is 9.33. The number of sulfonamides is 1. The molecule has 1 atom stereocenters. The van der Waals surface area contributed by atoms with Crippen molar-refractivity contribution in [3.63, 3.8) is 0 Å².